The van der Waals surface area contributed by atoms with Crippen LogP contribution in [-0.2, 0) is 9.59 Å². The maximum Gasteiger partial charge on any atom is 0.296 e. The van der Waals surface area contributed by atoms with E-state index in [2.05, 4.69) is 20.9 Å². The number of amidine groups is 1. The first kappa shape index (κ1) is 15.0. The first-order chi connectivity index (χ1) is 9.52. The molecule has 0 fully saturated rings. The van der Waals surface area contributed by atoms with Gasteiger partial charge in [0, 0.05) is 11.4 Å². The van der Waals surface area contributed by atoms with Gasteiger partial charge in [0.1, 0.15) is 5.70 Å². The minimum absolute atomic E-state index is 0.211. The number of amides is 2. The highest BCUT2D eigenvalue weighted by molar-refractivity contribution is 9.10. The van der Waals surface area contributed by atoms with Gasteiger partial charge in [-0.15, -0.1) is 0 Å². The number of benzene rings is 1. The molecule has 0 saturated carbocycles. The first-order valence-corrected chi connectivity index (χ1v) is 7.84. The van der Waals surface area contributed by atoms with Crippen LogP contribution in [0.3, 0.4) is 0 Å². The van der Waals surface area contributed by atoms with Gasteiger partial charge >= 0.3 is 0 Å². The van der Waals surface area contributed by atoms with Gasteiger partial charge in [-0.2, -0.15) is 4.99 Å². The van der Waals surface area contributed by atoms with Gasteiger partial charge < -0.3 is 0 Å². The predicted molar refractivity (Wildman–Crippen MR) is 85.2 cm³/mol. The molecule has 104 valence electrons. The molecule has 0 aromatic heterocycles. The smallest absolute Gasteiger partial charge is 0.274 e. The van der Waals surface area contributed by atoms with E-state index in [0.29, 0.717) is 10.9 Å². The zero-order valence-corrected chi connectivity index (χ0v) is 13.5. The molecule has 1 aliphatic heterocycles. The average molecular weight is 353 g/mol. The fourth-order valence-corrected chi connectivity index (χ4v) is 2.98. The SMILES string of the molecule is CCSC1=NC(=O)/C(=C\c2cccc(Br)c2)N1C(C)=O. The summed E-state index contributed by atoms with van der Waals surface area (Å²) in [4.78, 5) is 29.1. The van der Waals surface area contributed by atoms with Crippen molar-refractivity contribution in [2.75, 3.05) is 5.75 Å². The Balaban J connectivity index is 2.40. The van der Waals surface area contributed by atoms with E-state index in [1.807, 2.05) is 31.2 Å². The number of aliphatic imine (C=N–C) groups is 1. The highest BCUT2D eigenvalue weighted by Gasteiger charge is 2.32. The zero-order chi connectivity index (χ0) is 14.7. The predicted octanol–water partition coefficient (Wildman–Crippen LogP) is 3.29. The summed E-state index contributed by atoms with van der Waals surface area (Å²) in [6.45, 7) is 3.38. The molecule has 2 rings (SSSR count). The number of rotatable bonds is 2. The largest absolute Gasteiger partial charge is 0.296 e. The summed E-state index contributed by atoms with van der Waals surface area (Å²) in [5.74, 6) is 0.160. The van der Waals surface area contributed by atoms with Crippen LogP contribution in [0.5, 0.6) is 0 Å². The minimum atomic E-state index is -0.379. The fraction of sp³-hybridized carbons (Fsp3) is 0.214. The molecule has 6 heteroatoms. The third-order valence-electron chi connectivity index (χ3n) is 2.59. The van der Waals surface area contributed by atoms with Crippen LogP contribution in [0.15, 0.2) is 39.4 Å². The Morgan fingerprint density at radius 3 is 2.85 bits per heavy atom. The molecule has 0 atom stereocenters. The van der Waals surface area contributed by atoms with E-state index in [9.17, 15) is 9.59 Å². The Labute approximate surface area is 130 Å². The molecule has 0 radical (unpaired) electrons. The summed E-state index contributed by atoms with van der Waals surface area (Å²) in [6.07, 6.45) is 1.68. The van der Waals surface area contributed by atoms with Gasteiger partial charge in [-0.25, -0.2) is 0 Å². The van der Waals surface area contributed by atoms with Crippen molar-refractivity contribution in [1.29, 1.82) is 0 Å². The van der Waals surface area contributed by atoms with Crippen LogP contribution >= 0.6 is 27.7 Å². The van der Waals surface area contributed by atoms with Crippen molar-refractivity contribution in [2.24, 2.45) is 4.99 Å². The van der Waals surface area contributed by atoms with Crippen molar-refractivity contribution in [3.63, 3.8) is 0 Å². The van der Waals surface area contributed by atoms with Gasteiger partial charge in [-0.1, -0.05) is 46.7 Å². The van der Waals surface area contributed by atoms with Crippen LogP contribution in [0.2, 0.25) is 0 Å². The van der Waals surface area contributed by atoms with E-state index in [0.717, 1.165) is 15.8 Å². The molecule has 0 bridgehead atoms. The summed E-state index contributed by atoms with van der Waals surface area (Å²) in [5.41, 5.74) is 1.14. The van der Waals surface area contributed by atoms with Crippen molar-refractivity contribution < 1.29 is 9.59 Å². The van der Waals surface area contributed by atoms with Crippen molar-refractivity contribution in [3.05, 3.63) is 40.0 Å². The zero-order valence-electron chi connectivity index (χ0n) is 11.1. The van der Waals surface area contributed by atoms with Crippen LogP contribution in [-0.4, -0.2) is 27.6 Å². The number of hydrogen-bond acceptors (Lipinski definition) is 3. The molecule has 4 nitrogen and oxygen atoms in total. The Morgan fingerprint density at radius 1 is 1.50 bits per heavy atom. The third kappa shape index (κ3) is 3.19. The summed E-state index contributed by atoms with van der Waals surface area (Å²) in [6, 6.07) is 7.52. The summed E-state index contributed by atoms with van der Waals surface area (Å²) in [7, 11) is 0. The summed E-state index contributed by atoms with van der Waals surface area (Å²) in [5, 5.41) is 0.450. The molecule has 1 aromatic rings. The maximum atomic E-state index is 12.0. The fourth-order valence-electron chi connectivity index (χ4n) is 1.80. The number of hydrogen-bond donors (Lipinski definition) is 0. The highest BCUT2D eigenvalue weighted by atomic mass is 79.9. The molecule has 20 heavy (non-hydrogen) atoms. The summed E-state index contributed by atoms with van der Waals surface area (Å²) < 4.78 is 0.913. The molecule has 1 aromatic carbocycles. The topological polar surface area (TPSA) is 49.7 Å². The summed E-state index contributed by atoms with van der Waals surface area (Å²) >= 11 is 4.76. The lowest BCUT2D eigenvalue weighted by atomic mass is 10.2. The Kier molecular flexibility index (Phi) is 4.77. The number of nitrogens with zero attached hydrogens (tertiary/aromatic N) is 2. The first-order valence-electron chi connectivity index (χ1n) is 6.06. The van der Waals surface area contributed by atoms with E-state index in [1.165, 1.54) is 23.6 Å². The van der Waals surface area contributed by atoms with Crippen LogP contribution in [0.25, 0.3) is 6.08 Å². The van der Waals surface area contributed by atoms with Crippen molar-refractivity contribution in [2.45, 2.75) is 13.8 Å². The number of carbonyl (C=O) groups excluding carboxylic acids is 2. The van der Waals surface area contributed by atoms with E-state index < -0.39 is 0 Å². The van der Waals surface area contributed by atoms with Gasteiger partial charge in [0.2, 0.25) is 5.91 Å². The Morgan fingerprint density at radius 2 is 2.25 bits per heavy atom. The van der Waals surface area contributed by atoms with E-state index in [4.69, 9.17) is 0 Å². The lowest BCUT2D eigenvalue weighted by Crippen LogP contribution is -2.29. The molecular formula is C14H13BrN2O2S. The van der Waals surface area contributed by atoms with Crippen molar-refractivity contribution in [1.82, 2.24) is 4.90 Å². The van der Waals surface area contributed by atoms with Crippen molar-refractivity contribution in [3.8, 4) is 0 Å². The molecule has 0 saturated heterocycles. The van der Waals surface area contributed by atoms with Gasteiger partial charge in [0.05, 0.1) is 0 Å². The lowest BCUT2D eigenvalue weighted by Gasteiger charge is -2.16. The molecular weight excluding hydrogens is 340 g/mol. The second-order valence-electron chi connectivity index (χ2n) is 4.07. The average Bonchev–Trinajstić information content (AvgIpc) is 2.66. The molecule has 1 heterocycles. The lowest BCUT2D eigenvalue weighted by molar-refractivity contribution is -0.125. The number of halogens is 1. The monoisotopic (exact) mass is 352 g/mol. The second kappa shape index (κ2) is 6.37. The maximum absolute atomic E-state index is 12.0. The Hall–Kier alpha value is -1.40. The van der Waals surface area contributed by atoms with Gasteiger partial charge in [0.25, 0.3) is 5.91 Å². The van der Waals surface area contributed by atoms with E-state index >= 15 is 0 Å². The van der Waals surface area contributed by atoms with Crippen LogP contribution in [0.1, 0.15) is 19.4 Å². The molecule has 0 spiro atoms. The molecule has 1 aliphatic rings. The minimum Gasteiger partial charge on any atom is -0.274 e. The Bertz CT molecular complexity index is 625. The van der Waals surface area contributed by atoms with E-state index in [-0.39, 0.29) is 11.8 Å². The molecule has 0 N–H and O–H groups in total. The normalized spacial score (nSPS) is 16.8. The van der Waals surface area contributed by atoms with Crippen molar-refractivity contribution >= 4 is 50.7 Å². The molecule has 0 unspecified atom stereocenters. The standard InChI is InChI=1S/C14H13BrN2O2S/c1-3-20-14-16-13(19)12(17(14)9(2)18)8-10-5-4-6-11(15)7-10/h4-8H,3H2,1-2H3/b12-8+. The second-order valence-corrected chi connectivity index (χ2v) is 6.22. The third-order valence-corrected chi connectivity index (χ3v) is 3.90. The quantitative estimate of drug-likeness (QED) is 0.767. The highest BCUT2D eigenvalue weighted by Crippen LogP contribution is 2.25. The van der Waals surface area contributed by atoms with Crippen LogP contribution in [0.4, 0.5) is 0 Å². The molecule has 2 amide bonds. The van der Waals surface area contributed by atoms with Crippen LogP contribution < -0.4 is 0 Å². The van der Waals surface area contributed by atoms with Gasteiger partial charge in [-0.05, 0) is 29.5 Å². The van der Waals surface area contributed by atoms with Gasteiger partial charge in [-0.3, -0.25) is 14.5 Å². The number of carbonyl (C=O) groups is 2. The van der Waals surface area contributed by atoms with E-state index in [1.54, 1.807) is 6.08 Å². The number of thioether (sulfide) groups is 1. The van der Waals surface area contributed by atoms with Crippen LogP contribution in [0, 0.1) is 0 Å². The van der Waals surface area contributed by atoms with Gasteiger partial charge in [0.15, 0.2) is 5.17 Å². The molecule has 0 aliphatic carbocycles.